The zero-order valence-electron chi connectivity index (χ0n) is 20.3. The molecule has 5 aromatic rings. The van der Waals surface area contributed by atoms with Crippen molar-refractivity contribution in [2.45, 2.75) is 17.7 Å². The summed E-state index contributed by atoms with van der Waals surface area (Å²) in [6.07, 6.45) is 0.363. The smallest absolute Gasteiger partial charge is 0.303 e. The van der Waals surface area contributed by atoms with Gasteiger partial charge in [-0.1, -0.05) is 48.5 Å². The monoisotopic (exact) mass is 542 g/mol. The maximum atomic E-state index is 14.2. The summed E-state index contributed by atoms with van der Waals surface area (Å²) < 4.78 is 35.0. The van der Waals surface area contributed by atoms with Gasteiger partial charge in [0.2, 0.25) is 5.00 Å². The van der Waals surface area contributed by atoms with Crippen LogP contribution in [0.3, 0.4) is 0 Å². The number of ether oxygens (including phenoxy) is 1. The number of nitrogens with zero attached hydrogens (tertiary/aromatic N) is 2. The summed E-state index contributed by atoms with van der Waals surface area (Å²) in [5.74, 6) is -0.342. The van der Waals surface area contributed by atoms with Crippen LogP contribution in [0.25, 0.3) is 38.1 Å². The Labute approximate surface area is 224 Å². The van der Waals surface area contributed by atoms with Crippen LogP contribution in [0, 0.1) is 6.57 Å². The molecule has 0 saturated carbocycles. The van der Waals surface area contributed by atoms with Crippen LogP contribution < -0.4 is 4.74 Å². The van der Waals surface area contributed by atoms with Gasteiger partial charge >= 0.3 is 5.97 Å². The number of carboxylic acid groups (broad SMARTS) is 1. The second-order valence-electron chi connectivity index (χ2n) is 8.53. The van der Waals surface area contributed by atoms with Gasteiger partial charge in [0.05, 0.1) is 29.8 Å². The van der Waals surface area contributed by atoms with Crippen molar-refractivity contribution < 1.29 is 23.1 Å². The molecule has 0 spiro atoms. The van der Waals surface area contributed by atoms with Gasteiger partial charge in [-0.3, -0.25) is 4.79 Å². The van der Waals surface area contributed by atoms with E-state index in [4.69, 9.17) is 16.4 Å². The van der Waals surface area contributed by atoms with Crippen molar-refractivity contribution in [2.24, 2.45) is 0 Å². The molecule has 0 fully saturated rings. The molecule has 0 aliphatic heterocycles. The maximum Gasteiger partial charge on any atom is 0.303 e. The number of hydrogen-bond donors (Lipinski definition) is 1. The van der Waals surface area contributed by atoms with Crippen LogP contribution in [0.1, 0.15) is 12.0 Å². The minimum atomic E-state index is -4.08. The van der Waals surface area contributed by atoms with Gasteiger partial charge in [0, 0.05) is 22.9 Å². The van der Waals surface area contributed by atoms with E-state index in [-0.39, 0.29) is 11.3 Å². The number of carbonyl (C=O) groups is 1. The van der Waals surface area contributed by atoms with E-state index in [1.54, 1.807) is 36.4 Å². The molecule has 0 amide bonds. The maximum absolute atomic E-state index is 14.2. The van der Waals surface area contributed by atoms with Crippen molar-refractivity contribution in [3.8, 4) is 28.1 Å². The molecule has 3 aromatic carbocycles. The highest BCUT2D eigenvalue weighted by Crippen LogP contribution is 2.47. The third-order valence-electron chi connectivity index (χ3n) is 6.30. The summed E-state index contributed by atoms with van der Waals surface area (Å²) in [6.45, 7) is 7.70. The minimum Gasteiger partial charge on any atom is -0.497 e. The third kappa shape index (κ3) is 4.45. The number of thiophene rings is 1. The fourth-order valence-corrected chi connectivity index (χ4v) is 6.74. The second-order valence-corrected chi connectivity index (χ2v) is 11.2. The van der Waals surface area contributed by atoms with Crippen molar-refractivity contribution >= 4 is 43.2 Å². The van der Waals surface area contributed by atoms with Crippen LogP contribution in [-0.4, -0.2) is 30.6 Å². The zero-order chi connectivity index (χ0) is 26.9. The molecule has 2 aromatic heterocycles. The van der Waals surface area contributed by atoms with E-state index in [0.29, 0.717) is 50.5 Å². The molecule has 0 aliphatic rings. The molecule has 0 bridgehead atoms. The highest BCUT2D eigenvalue weighted by Gasteiger charge is 2.29. The molecule has 0 unspecified atom stereocenters. The quantitative estimate of drug-likeness (QED) is 0.217. The summed E-state index contributed by atoms with van der Waals surface area (Å²) in [5.41, 5.74) is 3.71. The highest BCUT2D eigenvalue weighted by atomic mass is 32.2. The summed E-state index contributed by atoms with van der Waals surface area (Å²) >= 11 is 1.30. The van der Waals surface area contributed by atoms with Crippen LogP contribution in [-0.2, 0) is 21.2 Å². The first-order valence-corrected chi connectivity index (χ1v) is 14.0. The van der Waals surface area contributed by atoms with Crippen molar-refractivity contribution in [2.75, 3.05) is 7.11 Å². The first-order valence-electron chi connectivity index (χ1n) is 11.6. The summed E-state index contributed by atoms with van der Waals surface area (Å²) in [4.78, 5) is 14.8. The Morgan fingerprint density at radius 2 is 1.74 bits per heavy atom. The number of aryl methyl sites for hydroxylation is 1. The van der Waals surface area contributed by atoms with Crippen molar-refractivity contribution in [1.82, 2.24) is 3.97 Å². The van der Waals surface area contributed by atoms with E-state index in [9.17, 15) is 13.2 Å². The molecule has 1 N–H and O–H groups in total. The number of aliphatic carboxylic acids is 1. The van der Waals surface area contributed by atoms with Gasteiger partial charge in [0.15, 0.2) is 0 Å². The molecule has 9 heteroatoms. The second kappa shape index (κ2) is 10.2. The third-order valence-corrected chi connectivity index (χ3v) is 8.83. The number of benzene rings is 3. The van der Waals surface area contributed by atoms with Gasteiger partial charge in [-0.05, 0) is 53.3 Å². The lowest BCUT2D eigenvalue weighted by Gasteiger charge is -2.14. The number of aromatic nitrogens is 1. The number of hydrogen-bond acceptors (Lipinski definition) is 5. The standard InChI is InChI=1S/C29H22N2O5S2/c1-30-29-24(17-18-37-29)27-23-5-3-4-6-25(23)31(38(34,35)22-14-12-21(36-2)13-15-22)28(27)20-10-7-19(8-11-20)9-16-26(32)33/h3-8,10-15,17-18H,9,16H2,2H3,(H,32,33). The van der Waals surface area contributed by atoms with Crippen LogP contribution >= 0.6 is 11.3 Å². The number of carboxylic acids is 1. The molecule has 0 aliphatic carbocycles. The molecule has 190 valence electrons. The lowest BCUT2D eigenvalue weighted by atomic mass is 9.98. The Hall–Kier alpha value is -4.39. The normalized spacial score (nSPS) is 11.4. The lowest BCUT2D eigenvalue weighted by Crippen LogP contribution is -2.14. The van der Waals surface area contributed by atoms with Crippen molar-refractivity contribution in [1.29, 1.82) is 0 Å². The Bertz CT molecular complexity index is 1790. The summed E-state index contributed by atoms with van der Waals surface area (Å²) in [5, 5.41) is 12.0. The summed E-state index contributed by atoms with van der Waals surface area (Å²) in [6, 6.07) is 22.6. The largest absolute Gasteiger partial charge is 0.497 e. The summed E-state index contributed by atoms with van der Waals surface area (Å²) in [7, 11) is -2.56. The topological polar surface area (TPSA) is 90.0 Å². The van der Waals surface area contributed by atoms with Gasteiger partial charge in [0.1, 0.15) is 5.75 Å². The number of para-hydroxylation sites is 1. The lowest BCUT2D eigenvalue weighted by molar-refractivity contribution is -0.136. The zero-order valence-corrected chi connectivity index (χ0v) is 21.9. The first kappa shape index (κ1) is 25.3. The van der Waals surface area contributed by atoms with Gasteiger partial charge < -0.3 is 9.84 Å². The average Bonchev–Trinajstić information content (AvgIpc) is 3.54. The molecule has 0 atom stereocenters. The highest BCUT2D eigenvalue weighted by molar-refractivity contribution is 7.90. The first-order chi connectivity index (χ1) is 18.3. The molecular formula is C29H22N2O5S2. The predicted molar refractivity (Wildman–Crippen MR) is 148 cm³/mol. The molecule has 5 rings (SSSR count). The molecule has 2 heterocycles. The van der Waals surface area contributed by atoms with Gasteiger partial charge in [-0.2, -0.15) is 11.3 Å². The molecule has 0 saturated heterocycles. The Balaban J connectivity index is 1.82. The number of rotatable bonds is 8. The van der Waals surface area contributed by atoms with Crippen molar-refractivity contribution in [3.63, 3.8) is 0 Å². The number of methoxy groups -OCH3 is 1. The average molecular weight is 543 g/mol. The van der Waals surface area contributed by atoms with Crippen LogP contribution in [0.15, 0.2) is 89.1 Å². The van der Waals surface area contributed by atoms with Gasteiger partial charge in [-0.25, -0.2) is 17.2 Å². The molecule has 38 heavy (non-hydrogen) atoms. The molecule has 0 radical (unpaired) electrons. The minimum absolute atomic E-state index is 0.0000236. The van der Waals surface area contributed by atoms with E-state index in [0.717, 1.165) is 5.56 Å². The molecule has 7 nitrogen and oxygen atoms in total. The van der Waals surface area contributed by atoms with Crippen LogP contribution in [0.4, 0.5) is 5.00 Å². The van der Waals surface area contributed by atoms with Gasteiger partial charge in [-0.15, -0.1) is 0 Å². The van der Waals surface area contributed by atoms with E-state index in [1.165, 1.54) is 34.6 Å². The van der Waals surface area contributed by atoms with Crippen molar-refractivity contribution in [3.05, 3.63) is 101 Å². The van der Waals surface area contributed by atoms with Crippen LogP contribution in [0.2, 0.25) is 0 Å². The van der Waals surface area contributed by atoms with E-state index < -0.39 is 16.0 Å². The van der Waals surface area contributed by atoms with E-state index >= 15 is 0 Å². The van der Waals surface area contributed by atoms with Gasteiger partial charge in [0.25, 0.3) is 10.0 Å². The Morgan fingerprint density at radius 1 is 1.03 bits per heavy atom. The number of fused-ring (bicyclic) bond motifs is 1. The van der Waals surface area contributed by atoms with E-state index in [1.807, 2.05) is 35.7 Å². The predicted octanol–water partition coefficient (Wildman–Crippen LogP) is 6.85. The SMILES string of the molecule is [C-]#[N+]c1sccc1-c1c(-c2ccc(CCC(=O)O)cc2)n(S(=O)(=O)c2ccc(OC)cc2)c2ccccc12. The Morgan fingerprint density at radius 3 is 2.39 bits per heavy atom. The fourth-order valence-electron chi connectivity index (χ4n) is 4.51. The van der Waals surface area contributed by atoms with E-state index in [2.05, 4.69) is 4.85 Å². The van der Waals surface area contributed by atoms with Crippen LogP contribution in [0.5, 0.6) is 5.75 Å². The molecular weight excluding hydrogens is 520 g/mol. The fraction of sp³-hybridized carbons (Fsp3) is 0.103. The Kier molecular flexibility index (Phi) is 6.76.